The lowest BCUT2D eigenvalue weighted by atomic mass is 10.1. The Morgan fingerprint density at radius 1 is 1.19 bits per heavy atom. The van der Waals surface area contributed by atoms with Gasteiger partial charge in [-0.2, -0.15) is 0 Å². The SMILES string of the molecule is COc1ccc(C)cc1/C=C/C(=O)Oc1cccc(Cl)c1. The predicted molar refractivity (Wildman–Crippen MR) is 83.9 cm³/mol. The van der Waals surface area contributed by atoms with Crippen molar-refractivity contribution in [2.75, 3.05) is 7.11 Å². The van der Waals surface area contributed by atoms with Crippen LogP contribution in [0.25, 0.3) is 6.08 Å². The highest BCUT2D eigenvalue weighted by Gasteiger charge is 2.03. The van der Waals surface area contributed by atoms with Crippen LogP contribution in [0.2, 0.25) is 5.02 Å². The van der Waals surface area contributed by atoms with E-state index in [1.807, 2.05) is 25.1 Å². The highest BCUT2D eigenvalue weighted by atomic mass is 35.5. The summed E-state index contributed by atoms with van der Waals surface area (Å²) in [6.45, 7) is 1.97. The van der Waals surface area contributed by atoms with E-state index in [0.29, 0.717) is 16.5 Å². The first kappa shape index (κ1) is 15.1. The number of aryl methyl sites for hydroxylation is 1. The Kier molecular flexibility index (Phi) is 5.01. The first-order valence-corrected chi connectivity index (χ1v) is 6.76. The van der Waals surface area contributed by atoms with Crippen molar-refractivity contribution in [2.24, 2.45) is 0 Å². The van der Waals surface area contributed by atoms with Crippen molar-refractivity contribution in [3.63, 3.8) is 0 Å². The van der Waals surface area contributed by atoms with Crippen molar-refractivity contribution < 1.29 is 14.3 Å². The molecule has 0 amide bonds. The molecular weight excluding hydrogens is 288 g/mol. The number of methoxy groups -OCH3 is 1. The third kappa shape index (κ3) is 4.36. The Morgan fingerprint density at radius 2 is 2.00 bits per heavy atom. The summed E-state index contributed by atoms with van der Waals surface area (Å²) in [4.78, 5) is 11.8. The Hall–Kier alpha value is -2.26. The fraction of sp³-hybridized carbons (Fsp3) is 0.118. The van der Waals surface area contributed by atoms with Crippen LogP contribution in [0, 0.1) is 6.92 Å². The van der Waals surface area contributed by atoms with Crippen LogP contribution in [0.3, 0.4) is 0 Å². The van der Waals surface area contributed by atoms with Crippen LogP contribution < -0.4 is 9.47 Å². The number of benzene rings is 2. The predicted octanol–water partition coefficient (Wildman–Crippen LogP) is 4.28. The first-order valence-electron chi connectivity index (χ1n) is 6.38. The fourth-order valence-electron chi connectivity index (χ4n) is 1.82. The van der Waals surface area contributed by atoms with Gasteiger partial charge in [0.1, 0.15) is 11.5 Å². The molecule has 0 fully saturated rings. The first-order chi connectivity index (χ1) is 10.1. The van der Waals surface area contributed by atoms with E-state index in [0.717, 1.165) is 11.1 Å². The van der Waals surface area contributed by atoms with E-state index in [1.54, 1.807) is 37.5 Å². The van der Waals surface area contributed by atoms with Crippen molar-refractivity contribution in [3.05, 3.63) is 64.7 Å². The lowest BCUT2D eigenvalue weighted by Crippen LogP contribution is -2.03. The molecular formula is C17H15ClO3. The average Bonchev–Trinajstić information content (AvgIpc) is 2.45. The molecule has 0 saturated carbocycles. The second kappa shape index (κ2) is 6.95. The molecule has 2 aromatic carbocycles. The number of rotatable bonds is 4. The van der Waals surface area contributed by atoms with Crippen molar-refractivity contribution in [1.82, 2.24) is 0 Å². The highest BCUT2D eigenvalue weighted by molar-refractivity contribution is 6.30. The highest BCUT2D eigenvalue weighted by Crippen LogP contribution is 2.21. The minimum Gasteiger partial charge on any atom is -0.496 e. The van der Waals surface area contributed by atoms with E-state index >= 15 is 0 Å². The zero-order valence-corrected chi connectivity index (χ0v) is 12.6. The number of halogens is 1. The third-order valence-electron chi connectivity index (χ3n) is 2.80. The summed E-state index contributed by atoms with van der Waals surface area (Å²) in [5, 5.41) is 0.518. The second-order valence-corrected chi connectivity index (χ2v) is 4.89. The molecule has 4 heteroatoms. The molecule has 0 aliphatic carbocycles. The third-order valence-corrected chi connectivity index (χ3v) is 3.03. The molecule has 0 N–H and O–H groups in total. The molecule has 0 heterocycles. The van der Waals surface area contributed by atoms with Gasteiger partial charge >= 0.3 is 5.97 Å². The van der Waals surface area contributed by atoms with E-state index in [1.165, 1.54) is 6.08 Å². The smallest absolute Gasteiger partial charge is 0.336 e. The summed E-state index contributed by atoms with van der Waals surface area (Å²) in [5.74, 6) is 0.640. The molecule has 0 bridgehead atoms. The van der Waals surface area contributed by atoms with Gasteiger partial charge in [-0.25, -0.2) is 4.79 Å². The van der Waals surface area contributed by atoms with Gasteiger partial charge in [-0.3, -0.25) is 0 Å². The van der Waals surface area contributed by atoms with Gasteiger partial charge in [0.25, 0.3) is 0 Å². The quantitative estimate of drug-likeness (QED) is 0.480. The number of carbonyl (C=O) groups excluding carboxylic acids is 1. The molecule has 2 rings (SSSR count). The average molecular weight is 303 g/mol. The summed E-state index contributed by atoms with van der Waals surface area (Å²) in [6.07, 6.45) is 3.02. The van der Waals surface area contributed by atoms with Gasteiger partial charge in [0, 0.05) is 16.7 Å². The second-order valence-electron chi connectivity index (χ2n) is 4.46. The van der Waals surface area contributed by atoms with Crippen molar-refractivity contribution in [3.8, 4) is 11.5 Å². The maximum absolute atomic E-state index is 11.8. The van der Waals surface area contributed by atoms with Crippen LogP contribution in [0.15, 0.2) is 48.5 Å². The molecule has 0 unspecified atom stereocenters. The summed E-state index contributed by atoms with van der Waals surface area (Å²) in [5.41, 5.74) is 1.90. The van der Waals surface area contributed by atoms with Gasteiger partial charge < -0.3 is 9.47 Å². The van der Waals surface area contributed by atoms with Crippen LogP contribution in [0.1, 0.15) is 11.1 Å². The Morgan fingerprint density at radius 3 is 2.71 bits per heavy atom. The monoisotopic (exact) mass is 302 g/mol. The molecule has 0 atom stereocenters. The summed E-state index contributed by atoms with van der Waals surface area (Å²) >= 11 is 5.83. The number of carbonyl (C=O) groups is 1. The van der Waals surface area contributed by atoms with Gasteiger partial charge in [0.05, 0.1) is 7.11 Å². The van der Waals surface area contributed by atoms with Crippen molar-refractivity contribution in [2.45, 2.75) is 6.92 Å². The fourth-order valence-corrected chi connectivity index (χ4v) is 2.00. The molecule has 2 aromatic rings. The molecule has 3 nitrogen and oxygen atoms in total. The summed E-state index contributed by atoms with van der Waals surface area (Å²) < 4.78 is 10.4. The van der Waals surface area contributed by atoms with E-state index in [-0.39, 0.29) is 0 Å². The Bertz CT molecular complexity index is 677. The molecule has 0 radical (unpaired) electrons. The zero-order chi connectivity index (χ0) is 15.2. The van der Waals surface area contributed by atoms with E-state index in [2.05, 4.69) is 0 Å². The number of hydrogen-bond acceptors (Lipinski definition) is 3. The number of esters is 1. The summed E-state index contributed by atoms with van der Waals surface area (Å²) in [6, 6.07) is 12.4. The topological polar surface area (TPSA) is 35.5 Å². The lowest BCUT2D eigenvalue weighted by Gasteiger charge is -2.05. The Balaban J connectivity index is 2.10. The maximum Gasteiger partial charge on any atom is 0.336 e. The van der Waals surface area contributed by atoms with Crippen LogP contribution >= 0.6 is 11.6 Å². The largest absolute Gasteiger partial charge is 0.496 e. The minimum atomic E-state index is -0.471. The normalized spacial score (nSPS) is 10.6. The molecule has 0 aliphatic rings. The van der Waals surface area contributed by atoms with Crippen molar-refractivity contribution >= 4 is 23.6 Å². The molecule has 0 spiro atoms. The van der Waals surface area contributed by atoms with Gasteiger partial charge in [-0.05, 0) is 43.3 Å². The summed E-state index contributed by atoms with van der Waals surface area (Å²) in [7, 11) is 1.59. The Labute approximate surface area is 128 Å². The van der Waals surface area contributed by atoms with E-state index in [9.17, 15) is 4.79 Å². The van der Waals surface area contributed by atoms with Crippen LogP contribution in [-0.4, -0.2) is 13.1 Å². The molecule has 108 valence electrons. The van der Waals surface area contributed by atoms with E-state index < -0.39 is 5.97 Å². The number of hydrogen-bond donors (Lipinski definition) is 0. The van der Waals surface area contributed by atoms with Gasteiger partial charge in [0.2, 0.25) is 0 Å². The van der Waals surface area contributed by atoms with Gasteiger partial charge in [0.15, 0.2) is 0 Å². The van der Waals surface area contributed by atoms with Crippen molar-refractivity contribution in [1.29, 1.82) is 0 Å². The molecule has 0 saturated heterocycles. The lowest BCUT2D eigenvalue weighted by molar-refractivity contribution is -0.128. The van der Waals surface area contributed by atoms with E-state index in [4.69, 9.17) is 21.1 Å². The van der Waals surface area contributed by atoms with Crippen LogP contribution in [-0.2, 0) is 4.79 Å². The molecule has 0 aromatic heterocycles. The standard InChI is InChI=1S/C17H15ClO3/c1-12-6-8-16(20-2)13(10-12)7-9-17(19)21-15-5-3-4-14(18)11-15/h3-11H,1-2H3/b9-7+. The zero-order valence-electron chi connectivity index (χ0n) is 11.8. The van der Waals surface area contributed by atoms with Crippen LogP contribution in [0.4, 0.5) is 0 Å². The minimum absolute atomic E-state index is 0.411. The van der Waals surface area contributed by atoms with Gasteiger partial charge in [-0.15, -0.1) is 0 Å². The van der Waals surface area contributed by atoms with Gasteiger partial charge in [-0.1, -0.05) is 29.3 Å². The number of ether oxygens (including phenoxy) is 2. The molecule has 0 aliphatic heterocycles. The maximum atomic E-state index is 11.8. The van der Waals surface area contributed by atoms with Crippen LogP contribution in [0.5, 0.6) is 11.5 Å². The molecule has 21 heavy (non-hydrogen) atoms.